The molecule has 0 N–H and O–H groups in total. The minimum absolute atomic E-state index is 0.732. The van der Waals surface area contributed by atoms with Crippen LogP contribution < -0.4 is 0 Å². The lowest BCUT2D eigenvalue weighted by Crippen LogP contribution is -1.93. The molecule has 0 radical (unpaired) electrons. The van der Waals surface area contributed by atoms with Gasteiger partial charge in [0.25, 0.3) is 0 Å². The molecule has 15 heavy (non-hydrogen) atoms. The van der Waals surface area contributed by atoms with Crippen molar-refractivity contribution in [2.45, 2.75) is 27.2 Å². The molecular weight excluding hydrogens is 248 g/mol. The van der Waals surface area contributed by atoms with Crippen LogP contribution in [0.5, 0.6) is 0 Å². The highest BCUT2D eigenvalue weighted by molar-refractivity contribution is 9.09. The number of rotatable bonds is 4. The van der Waals surface area contributed by atoms with Gasteiger partial charge in [-0.1, -0.05) is 65.7 Å². The Bertz CT molecular complexity index is 320. The summed E-state index contributed by atoms with van der Waals surface area (Å²) in [6, 6.07) is 8.86. The standard InChI is InChI=1S/C14H19Br/c1-11(2)8-13-4-6-14(7-5-13)9-12(3)10-15/h4-7,9,11H,8,10H2,1-3H3. The second kappa shape index (κ2) is 6.12. The molecule has 0 atom stereocenters. The van der Waals surface area contributed by atoms with Gasteiger partial charge in [-0.15, -0.1) is 0 Å². The first-order valence-electron chi connectivity index (χ1n) is 5.44. The fraction of sp³-hybridized carbons (Fsp3) is 0.429. The van der Waals surface area contributed by atoms with Crippen molar-refractivity contribution in [2.24, 2.45) is 5.92 Å². The average Bonchev–Trinajstić information content (AvgIpc) is 2.20. The largest absolute Gasteiger partial charge is 0.0880 e. The first-order chi connectivity index (χ1) is 7.11. The lowest BCUT2D eigenvalue weighted by molar-refractivity contribution is 0.647. The Labute approximate surface area is 102 Å². The quantitative estimate of drug-likeness (QED) is 0.694. The zero-order valence-electron chi connectivity index (χ0n) is 9.76. The number of halogens is 1. The van der Waals surface area contributed by atoms with Gasteiger partial charge in [-0.3, -0.25) is 0 Å². The van der Waals surface area contributed by atoms with E-state index in [4.69, 9.17) is 0 Å². The zero-order valence-corrected chi connectivity index (χ0v) is 11.3. The summed E-state index contributed by atoms with van der Waals surface area (Å²) in [4.78, 5) is 0. The Hall–Kier alpha value is -0.560. The normalized spacial score (nSPS) is 12.2. The Morgan fingerprint density at radius 2 is 1.87 bits per heavy atom. The lowest BCUT2D eigenvalue weighted by atomic mass is 10.0. The van der Waals surface area contributed by atoms with Gasteiger partial charge in [0.15, 0.2) is 0 Å². The van der Waals surface area contributed by atoms with E-state index >= 15 is 0 Å². The Morgan fingerprint density at radius 1 is 1.27 bits per heavy atom. The number of allylic oxidation sites excluding steroid dienone is 1. The maximum absolute atomic E-state index is 3.45. The van der Waals surface area contributed by atoms with Gasteiger partial charge in [-0.05, 0) is 30.4 Å². The molecule has 0 saturated heterocycles. The van der Waals surface area contributed by atoms with E-state index in [0.29, 0.717) is 0 Å². The van der Waals surface area contributed by atoms with Crippen LogP contribution in [0.4, 0.5) is 0 Å². The summed E-state index contributed by atoms with van der Waals surface area (Å²) in [6.45, 7) is 6.64. The van der Waals surface area contributed by atoms with Crippen LogP contribution in [0.2, 0.25) is 0 Å². The van der Waals surface area contributed by atoms with Crippen molar-refractivity contribution in [3.8, 4) is 0 Å². The van der Waals surface area contributed by atoms with Gasteiger partial charge in [-0.25, -0.2) is 0 Å². The Morgan fingerprint density at radius 3 is 2.33 bits per heavy atom. The van der Waals surface area contributed by atoms with Crippen LogP contribution in [0.25, 0.3) is 6.08 Å². The predicted octanol–water partition coefficient (Wildman–Crippen LogP) is 4.68. The highest BCUT2D eigenvalue weighted by Gasteiger charge is 1.97. The predicted molar refractivity (Wildman–Crippen MR) is 72.4 cm³/mol. The summed E-state index contributed by atoms with van der Waals surface area (Å²) in [5.41, 5.74) is 4.07. The molecule has 0 aliphatic heterocycles. The number of hydrogen-bond donors (Lipinski definition) is 0. The number of benzene rings is 1. The molecule has 82 valence electrons. The maximum Gasteiger partial charge on any atom is 0.0242 e. The van der Waals surface area contributed by atoms with Crippen molar-refractivity contribution in [1.29, 1.82) is 0 Å². The van der Waals surface area contributed by atoms with Gasteiger partial charge in [0.2, 0.25) is 0 Å². The topological polar surface area (TPSA) is 0 Å². The van der Waals surface area contributed by atoms with Gasteiger partial charge >= 0.3 is 0 Å². The van der Waals surface area contributed by atoms with E-state index in [2.05, 4.69) is 67.0 Å². The number of hydrogen-bond acceptors (Lipinski definition) is 0. The highest BCUT2D eigenvalue weighted by atomic mass is 79.9. The average molecular weight is 267 g/mol. The van der Waals surface area contributed by atoms with Crippen LogP contribution in [-0.2, 0) is 6.42 Å². The van der Waals surface area contributed by atoms with Crippen molar-refractivity contribution in [3.63, 3.8) is 0 Å². The minimum Gasteiger partial charge on any atom is -0.0880 e. The molecule has 0 nitrogen and oxygen atoms in total. The molecule has 0 saturated carbocycles. The van der Waals surface area contributed by atoms with Crippen LogP contribution in [0, 0.1) is 5.92 Å². The molecule has 1 aromatic rings. The summed E-state index contributed by atoms with van der Waals surface area (Å²) >= 11 is 3.45. The molecule has 0 amide bonds. The SMILES string of the molecule is CC(=Cc1ccc(CC(C)C)cc1)CBr. The lowest BCUT2D eigenvalue weighted by Gasteiger charge is -2.05. The first kappa shape index (κ1) is 12.5. The molecule has 0 aliphatic rings. The Balaban J connectivity index is 2.72. The summed E-state index contributed by atoms with van der Waals surface area (Å²) < 4.78 is 0. The van der Waals surface area contributed by atoms with Gasteiger partial charge in [-0.2, -0.15) is 0 Å². The third kappa shape index (κ3) is 4.65. The fourth-order valence-electron chi connectivity index (χ4n) is 1.54. The maximum atomic E-state index is 3.45. The van der Waals surface area contributed by atoms with Crippen molar-refractivity contribution < 1.29 is 0 Å². The van der Waals surface area contributed by atoms with E-state index in [1.54, 1.807) is 0 Å². The molecular formula is C14H19Br. The molecule has 0 heterocycles. The van der Waals surface area contributed by atoms with Crippen molar-refractivity contribution in [2.75, 3.05) is 5.33 Å². The summed E-state index contributed by atoms with van der Waals surface area (Å²) in [5.74, 6) is 0.732. The van der Waals surface area contributed by atoms with Crippen molar-refractivity contribution in [3.05, 3.63) is 41.0 Å². The molecule has 0 aromatic heterocycles. The Kier molecular flexibility index (Phi) is 5.10. The van der Waals surface area contributed by atoms with E-state index in [1.165, 1.54) is 23.1 Å². The third-order valence-corrected chi connectivity index (χ3v) is 3.13. The first-order valence-corrected chi connectivity index (χ1v) is 6.56. The van der Waals surface area contributed by atoms with Crippen LogP contribution in [0.15, 0.2) is 29.8 Å². The number of alkyl halides is 1. The zero-order chi connectivity index (χ0) is 11.3. The summed E-state index contributed by atoms with van der Waals surface area (Å²) in [7, 11) is 0. The molecule has 0 unspecified atom stereocenters. The molecule has 1 heteroatoms. The van der Waals surface area contributed by atoms with Crippen LogP contribution in [0.1, 0.15) is 31.9 Å². The van der Waals surface area contributed by atoms with E-state index in [1.807, 2.05) is 0 Å². The second-order valence-electron chi connectivity index (χ2n) is 4.46. The van der Waals surface area contributed by atoms with Crippen LogP contribution in [0.3, 0.4) is 0 Å². The molecule has 1 aromatic carbocycles. The summed E-state index contributed by atoms with van der Waals surface area (Å²) in [6.07, 6.45) is 3.38. The van der Waals surface area contributed by atoms with E-state index in [-0.39, 0.29) is 0 Å². The highest BCUT2D eigenvalue weighted by Crippen LogP contribution is 2.12. The van der Waals surface area contributed by atoms with Crippen molar-refractivity contribution in [1.82, 2.24) is 0 Å². The molecule has 0 spiro atoms. The monoisotopic (exact) mass is 266 g/mol. The van der Waals surface area contributed by atoms with Crippen molar-refractivity contribution >= 4 is 22.0 Å². The van der Waals surface area contributed by atoms with E-state index < -0.39 is 0 Å². The smallest absolute Gasteiger partial charge is 0.0242 e. The fourth-order valence-corrected chi connectivity index (χ4v) is 1.71. The molecule has 0 aliphatic carbocycles. The van der Waals surface area contributed by atoms with Gasteiger partial charge < -0.3 is 0 Å². The molecule has 0 bridgehead atoms. The van der Waals surface area contributed by atoms with Gasteiger partial charge in [0, 0.05) is 5.33 Å². The van der Waals surface area contributed by atoms with Crippen LogP contribution in [-0.4, -0.2) is 5.33 Å². The van der Waals surface area contributed by atoms with Gasteiger partial charge in [0.1, 0.15) is 0 Å². The minimum atomic E-state index is 0.732. The second-order valence-corrected chi connectivity index (χ2v) is 5.02. The van der Waals surface area contributed by atoms with E-state index in [0.717, 1.165) is 11.2 Å². The molecule has 1 rings (SSSR count). The summed E-state index contributed by atoms with van der Waals surface area (Å²) in [5, 5.41) is 0.945. The van der Waals surface area contributed by atoms with Crippen LogP contribution >= 0.6 is 15.9 Å². The van der Waals surface area contributed by atoms with E-state index in [9.17, 15) is 0 Å². The van der Waals surface area contributed by atoms with Gasteiger partial charge in [0.05, 0.1) is 0 Å². The third-order valence-electron chi connectivity index (χ3n) is 2.25. The molecule has 0 fully saturated rings.